The molecule has 32 heavy (non-hydrogen) atoms. The number of piperidine rings is 1. The summed E-state index contributed by atoms with van der Waals surface area (Å²) < 4.78 is 51.9. The van der Waals surface area contributed by atoms with E-state index in [2.05, 4.69) is 15.6 Å². The fourth-order valence-corrected chi connectivity index (χ4v) is 3.77. The van der Waals surface area contributed by atoms with Crippen LogP contribution in [0.5, 0.6) is 0 Å². The first-order valence-corrected chi connectivity index (χ1v) is 10.3. The van der Waals surface area contributed by atoms with Crippen LogP contribution < -0.4 is 15.5 Å². The average molecular weight is 470 g/mol. The van der Waals surface area contributed by atoms with E-state index >= 15 is 0 Å². The molecule has 0 atom stereocenters. The quantitative estimate of drug-likeness (QED) is 0.489. The minimum Gasteiger partial charge on any atom is -0.382 e. The number of amides is 1. The molecule has 2 N–H and O–H groups in total. The highest BCUT2D eigenvalue weighted by molar-refractivity contribution is 6.33. The van der Waals surface area contributed by atoms with E-state index in [4.69, 9.17) is 16.9 Å². The molecule has 1 fully saturated rings. The van der Waals surface area contributed by atoms with Crippen LogP contribution in [0.1, 0.15) is 24.0 Å². The number of hydrogen-bond donors (Lipinski definition) is 2. The molecule has 1 amide bonds. The SMILES string of the molecule is N#Cc1c(F)cccc1NCCNC(=O)C1CCN(c2ncc(C(F)(F)F)cc2Cl)CC1. The summed E-state index contributed by atoms with van der Waals surface area (Å²) in [6, 6.07) is 6.92. The van der Waals surface area contributed by atoms with E-state index in [-0.39, 0.29) is 34.8 Å². The van der Waals surface area contributed by atoms with Gasteiger partial charge in [-0.1, -0.05) is 17.7 Å². The van der Waals surface area contributed by atoms with E-state index in [1.165, 1.54) is 12.1 Å². The Balaban J connectivity index is 1.46. The van der Waals surface area contributed by atoms with Gasteiger partial charge in [0.25, 0.3) is 0 Å². The van der Waals surface area contributed by atoms with Crippen LogP contribution in [0.25, 0.3) is 0 Å². The summed E-state index contributed by atoms with van der Waals surface area (Å²) in [4.78, 5) is 18.0. The highest BCUT2D eigenvalue weighted by Crippen LogP contribution is 2.34. The summed E-state index contributed by atoms with van der Waals surface area (Å²) in [5.74, 6) is -0.733. The van der Waals surface area contributed by atoms with E-state index in [1.54, 1.807) is 17.0 Å². The number of alkyl halides is 3. The molecule has 1 saturated heterocycles. The van der Waals surface area contributed by atoms with Gasteiger partial charge in [-0.05, 0) is 31.0 Å². The van der Waals surface area contributed by atoms with Crippen LogP contribution in [-0.4, -0.2) is 37.1 Å². The van der Waals surface area contributed by atoms with Crippen molar-refractivity contribution in [2.24, 2.45) is 5.92 Å². The van der Waals surface area contributed by atoms with Crippen LogP contribution in [0.2, 0.25) is 5.02 Å². The average Bonchev–Trinajstić information content (AvgIpc) is 2.76. The van der Waals surface area contributed by atoms with Gasteiger partial charge in [0.1, 0.15) is 23.3 Å². The molecule has 0 radical (unpaired) electrons. The lowest BCUT2D eigenvalue weighted by atomic mass is 9.96. The number of nitriles is 1. The van der Waals surface area contributed by atoms with Gasteiger partial charge in [0.2, 0.25) is 5.91 Å². The first kappa shape index (κ1) is 23.6. The largest absolute Gasteiger partial charge is 0.417 e. The van der Waals surface area contributed by atoms with E-state index in [1.807, 2.05) is 0 Å². The maximum Gasteiger partial charge on any atom is 0.417 e. The van der Waals surface area contributed by atoms with Gasteiger partial charge in [-0.2, -0.15) is 18.4 Å². The summed E-state index contributed by atoms with van der Waals surface area (Å²) in [5.41, 5.74) is -0.632. The van der Waals surface area contributed by atoms with Gasteiger partial charge in [-0.3, -0.25) is 4.79 Å². The number of nitrogens with one attached hydrogen (secondary N) is 2. The standard InChI is InChI=1S/C21H20ClF4N5O/c22-16-10-14(21(24,25)26)12-30-19(16)31-8-4-13(5-9-31)20(32)29-7-6-28-18-3-1-2-17(23)15(18)11-27/h1-3,10,12-13,28H,4-9H2,(H,29,32). The molecular weight excluding hydrogens is 450 g/mol. The van der Waals surface area contributed by atoms with Crippen molar-refractivity contribution in [1.82, 2.24) is 10.3 Å². The number of nitrogens with zero attached hydrogens (tertiary/aromatic N) is 3. The van der Waals surface area contributed by atoms with Crippen molar-refractivity contribution in [1.29, 1.82) is 5.26 Å². The molecule has 1 aromatic heterocycles. The lowest BCUT2D eigenvalue weighted by Gasteiger charge is -2.32. The molecule has 0 unspecified atom stereocenters. The molecule has 2 heterocycles. The van der Waals surface area contributed by atoms with Gasteiger partial charge in [0, 0.05) is 38.3 Å². The second-order valence-corrected chi connectivity index (χ2v) is 7.69. The lowest BCUT2D eigenvalue weighted by molar-refractivity contribution is -0.137. The van der Waals surface area contributed by atoms with Gasteiger partial charge in [0.05, 0.1) is 16.3 Å². The third-order valence-corrected chi connectivity index (χ3v) is 5.46. The van der Waals surface area contributed by atoms with Crippen molar-refractivity contribution in [2.45, 2.75) is 19.0 Å². The molecule has 1 aliphatic rings. The molecule has 0 aliphatic carbocycles. The molecule has 3 rings (SSSR count). The predicted octanol–water partition coefficient (Wildman–Crippen LogP) is 4.21. The Labute approximate surface area is 187 Å². The van der Waals surface area contributed by atoms with Gasteiger partial charge in [-0.25, -0.2) is 9.37 Å². The minimum atomic E-state index is -4.51. The minimum absolute atomic E-state index is 0.0807. The third kappa shape index (κ3) is 5.59. The fraction of sp³-hybridized carbons (Fsp3) is 0.381. The van der Waals surface area contributed by atoms with Gasteiger partial charge in [-0.15, -0.1) is 0 Å². The molecule has 2 aromatic rings. The Morgan fingerprint density at radius 3 is 2.62 bits per heavy atom. The fourth-order valence-electron chi connectivity index (χ4n) is 3.48. The van der Waals surface area contributed by atoms with Crippen molar-refractivity contribution < 1.29 is 22.4 Å². The van der Waals surface area contributed by atoms with E-state index in [9.17, 15) is 22.4 Å². The number of carbonyl (C=O) groups is 1. The number of hydrogen-bond acceptors (Lipinski definition) is 5. The van der Waals surface area contributed by atoms with Crippen molar-refractivity contribution >= 4 is 29.0 Å². The van der Waals surface area contributed by atoms with Crippen LogP contribution in [0.3, 0.4) is 0 Å². The summed E-state index contributed by atoms with van der Waals surface area (Å²) >= 11 is 6.00. The lowest BCUT2D eigenvalue weighted by Crippen LogP contribution is -2.42. The van der Waals surface area contributed by atoms with Crippen LogP contribution in [-0.2, 0) is 11.0 Å². The first-order chi connectivity index (χ1) is 15.2. The Morgan fingerprint density at radius 2 is 2.00 bits per heavy atom. The smallest absolute Gasteiger partial charge is 0.382 e. The van der Waals surface area contributed by atoms with Crippen LogP contribution >= 0.6 is 11.6 Å². The highest BCUT2D eigenvalue weighted by atomic mass is 35.5. The van der Waals surface area contributed by atoms with Crippen LogP contribution in [0, 0.1) is 23.1 Å². The molecule has 0 saturated carbocycles. The van der Waals surface area contributed by atoms with Crippen molar-refractivity contribution in [2.75, 3.05) is 36.4 Å². The molecule has 170 valence electrons. The van der Waals surface area contributed by atoms with Crippen molar-refractivity contribution in [3.63, 3.8) is 0 Å². The molecular formula is C21H20ClF4N5O. The van der Waals surface area contributed by atoms with Gasteiger partial charge in [0.15, 0.2) is 0 Å². The Bertz CT molecular complexity index is 1020. The zero-order valence-electron chi connectivity index (χ0n) is 16.8. The molecule has 6 nitrogen and oxygen atoms in total. The van der Waals surface area contributed by atoms with Gasteiger partial charge >= 0.3 is 6.18 Å². The Hall–Kier alpha value is -3.06. The molecule has 1 aromatic carbocycles. The molecule has 0 bridgehead atoms. The number of anilines is 2. The predicted molar refractivity (Wildman–Crippen MR) is 112 cm³/mol. The Morgan fingerprint density at radius 1 is 1.28 bits per heavy atom. The maximum atomic E-state index is 13.6. The third-order valence-electron chi connectivity index (χ3n) is 5.18. The number of pyridine rings is 1. The van der Waals surface area contributed by atoms with Crippen molar-refractivity contribution in [3.05, 3.63) is 52.4 Å². The summed E-state index contributed by atoms with van der Waals surface area (Å²) in [6.07, 6.45) is -2.76. The number of halogens is 5. The number of rotatable bonds is 6. The van der Waals surface area contributed by atoms with Crippen LogP contribution in [0.15, 0.2) is 30.5 Å². The normalized spacial score (nSPS) is 14.7. The van der Waals surface area contributed by atoms with Crippen molar-refractivity contribution in [3.8, 4) is 6.07 Å². The zero-order chi connectivity index (χ0) is 23.3. The number of carbonyl (C=O) groups excluding carboxylic acids is 1. The molecule has 11 heteroatoms. The number of benzene rings is 1. The zero-order valence-corrected chi connectivity index (χ0v) is 17.6. The van der Waals surface area contributed by atoms with E-state index < -0.39 is 17.6 Å². The summed E-state index contributed by atoms with van der Waals surface area (Å²) in [5, 5.41) is 14.7. The summed E-state index contributed by atoms with van der Waals surface area (Å²) in [6.45, 7) is 1.47. The molecule has 0 spiro atoms. The second-order valence-electron chi connectivity index (χ2n) is 7.28. The highest BCUT2D eigenvalue weighted by Gasteiger charge is 2.33. The Kier molecular flexibility index (Phi) is 7.40. The van der Waals surface area contributed by atoms with Crippen LogP contribution in [0.4, 0.5) is 29.1 Å². The number of aromatic nitrogens is 1. The first-order valence-electron chi connectivity index (χ1n) is 9.88. The van der Waals surface area contributed by atoms with E-state index in [0.29, 0.717) is 38.2 Å². The van der Waals surface area contributed by atoms with Gasteiger partial charge < -0.3 is 15.5 Å². The molecule has 1 aliphatic heterocycles. The second kappa shape index (κ2) is 10.0. The topological polar surface area (TPSA) is 81.0 Å². The maximum absolute atomic E-state index is 13.6. The monoisotopic (exact) mass is 469 g/mol. The summed E-state index contributed by atoms with van der Waals surface area (Å²) in [7, 11) is 0. The van der Waals surface area contributed by atoms with E-state index in [0.717, 1.165) is 12.3 Å².